The normalized spacial score (nSPS) is 17.2. The Morgan fingerprint density at radius 3 is 2.48 bits per heavy atom. The van der Waals surface area contributed by atoms with Crippen LogP contribution < -0.4 is 5.32 Å². The molecule has 2 rings (SSSR count). The largest absolute Gasteiger partial charge is 0.481 e. The number of halogens is 1. The monoisotopic (exact) mass is 311 g/mol. The number of carbonyl (C=O) groups excluding carboxylic acids is 1. The summed E-state index contributed by atoms with van der Waals surface area (Å²) < 4.78 is 0. The van der Waals surface area contributed by atoms with Gasteiger partial charge in [0.1, 0.15) is 0 Å². The minimum atomic E-state index is -0.851. The number of anilines is 1. The first-order valence-corrected chi connectivity index (χ1v) is 7.38. The lowest BCUT2D eigenvalue weighted by molar-refractivity contribution is -0.140. The molecule has 21 heavy (non-hydrogen) atoms. The van der Waals surface area contributed by atoms with Crippen LogP contribution in [0.2, 0.25) is 5.15 Å². The van der Waals surface area contributed by atoms with Crippen LogP contribution in [0, 0.1) is 5.41 Å². The van der Waals surface area contributed by atoms with Crippen molar-refractivity contribution < 1.29 is 14.7 Å². The average Bonchev–Trinajstić information content (AvgIpc) is 2.41. The molecular formula is C14H18ClN3O3. The molecule has 1 heterocycles. The Morgan fingerprint density at radius 1 is 1.19 bits per heavy atom. The summed E-state index contributed by atoms with van der Waals surface area (Å²) in [6, 6.07) is 3.11. The van der Waals surface area contributed by atoms with Gasteiger partial charge in [-0.05, 0) is 30.4 Å². The molecule has 1 aliphatic rings. The average molecular weight is 312 g/mol. The van der Waals surface area contributed by atoms with Crippen LogP contribution in [0.1, 0.15) is 44.9 Å². The highest BCUT2D eigenvalue weighted by Gasteiger charge is 2.36. The van der Waals surface area contributed by atoms with Crippen LogP contribution in [0.5, 0.6) is 0 Å². The van der Waals surface area contributed by atoms with Crippen molar-refractivity contribution in [3.63, 3.8) is 0 Å². The van der Waals surface area contributed by atoms with Gasteiger partial charge < -0.3 is 10.4 Å². The Bertz CT molecular complexity index is 513. The lowest BCUT2D eigenvalue weighted by Gasteiger charge is -2.35. The smallest absolute Gasteiger partial charge is 0.303 e. The van der Waals surface area contributed by atoms with E-state index in [1.165, 1.54) is 6.07 Å². The first-order valence-electron chi connectivity index (χ1n) is 7.00. The molecular weight excluding hydrogens is 294 g/mol. The molecule has 0 radical (unpaired) electrons. The van der Waals surface area contributed by atoms with Crippen molar-refractivity contribution in [2.24, 2.45) is 5.41 Å². The molecule has 6 nitrogen and oxygen atoms in total. The van der Waals surface area contributed by atoms with E-state index in [2.05, 4.69) is 15.5 Å². The Hall–Kier alpha value is -1.69. The Morgan fingerprint density at radius 2 is 1.90 bits per heavy atom. The van der Waals surface area contributed by atoms with Crippen LogP contribution >= 0.6 is 11.6 Å². The van der Waals surface area contributed by atoms with Crippen molar-refractivity contribution in [2.45, 2.75) is 44.9 Å². The van der Waals surface area contributed by atoms with E-state index in [9.17, 15) is 9.59 Å². The number of nitrogens with zero attached hydrogens (tertiary/aromatic N) is 2. The van der Waals surface area contributed by atoms with Gasteiger partial charge in [-0.25, -0.2) is 0 Å². The molecule has 1 aliphatic carbocycles. The SMILES string of the molecule is O=C(O)CC1(CC(=O)Nc2ccc(Cl)nn2)CCCCC1. The summed E-state index contributed by atoms with van der Waals surface area (Å²) in [5.74, 6) is -0.753. The van der Waals surface area contributed by atoms with E-state index in [4.69, 9.17) is 16.7 Å². The van der Waals surface area contributed by atoms with E-state index in [0.29, 0.717) is 5.82 Å². The van der Waals surface area contributed by atoms with Crippen LogP contribution in [0.4, 0.5) is 5.82 Å². The number of aliphatic carboxylic acids is 1. The molecule has 7 heteroatoms. The molecule has 1 amide bonds. The number of hydrogen-bond acceptors (Lipinski definition) is 4. The molecule has 1 fully saturated rings. The predicted molar refractivity (Wildman–Crippen MR) is 78.1 cm³/mol. The molecule has 0 aromatic carbocycles. The van der Waals surface area contributed by atoms with Crippen molar-refractivity contribution in [3.05, 3.63) is 17.3 Å². The van der Waals surface area contributed by atoms with Crippen LogP contribution in [-0.4, -0.2) is 27.2 Å². The highest BCUT2D eigenvalue weighted by Crippen LogP contribution is 2.42. The van der Waals surface area contributed by atoms with Crippen molar-refractivity contribution in [2.75, 3.05) is 5.32 Å². The second-order valence-electron chi connectivity index (χ2n) is 5.60. The summed E-state index contributed by atoms with van der Waals surface area (Å²) in [7, 11) is 0. The topological polar surface area (TPSA) is 92.2 Å². The van der Waals surface area contributed by atoms with Crippen molar-refractivity contribution in [1.82, 2.24) is 10.2 Å². The Balaban J connectivity index is 2.00. The van der Waals surface area contributed by atoms with Crippen LogP contribution in [0.15, 0.2) is 12.1 Å². The van der Waals surface area contributed by atoms with E-state index >= 15 is 0 Å². The fraction of sp³-hybridized carbons (Fsp3) is 0.571. The van der Waals surface area contributed by atoms with E-state index in [1.54, 1.807) is 6.07 Å². The first kappa shape index (κ1) is 15.7. The highest BCUT2D eigenvalue weighted by atomic mass is 35.5. The van der Waals surface area contributed by atoms with Gasteiger partial charge in [0.25, 0.3) is 0 Å². The fourth-order valence-electron chi connectivity index (χ4n) is 2.95. The molecule has 0 atom stereocenters. The summed E-state index contributed by atoms with van der Waals surface area (Å²) in [6.45, 7) is 0. The van der Waals surface area contributed by atoms with Gasteiger partial charge in [-0.15, -0.1) is 10.2 Å². The number of aromatic nitrogens is 2. The molecule has 1 aromatic heterocycles. The maximum atomic E-state index is 12.1. The summed E-state index contributed by atoms with van der Waals surface area (Å²) in [6.07, 6.45) is 4.84. The molecule has 0 saturated heterocycles. The van der Waals surface area contributed by atoms with E-state index < -0.39 is 11.4 Å². The highest BCUT2D eigenvalue weighted by molar-refractivity contribution is 6.29. The molecule has 2 N–H and O–H groups in total. The standard InChI is InChI=1S/C14H18ClN3O3/c15-10-4-5-11(18-17-10)16-12(19)8-14(9-13(20)21)6-2-1-3-7-14/h4-5H,1-3,6-9H2,(H,20,21)(H,16,18,19). The molecule has 114 valence electrons. The Kier molecular flexibility index (Phi) is 5.12. The maximum absolute atomic E-state index is 12.1. The zero-order valence-electron chi connectivity index (χ0n) is 11.6. The third kappa shape index (κ3) is 4.67. The first-order chi connectivity index (χ1) is 9.99. The van der Waals surface area contributed by atoms with E-state index in [1.807, 2.05) is 0 Å². The maximum Gasteiger partial charge on any atom is 0.303 e. The van der Waals surface area contributed by atoms with E-state index in [0.717, 1.165) is 32.1 Å². The van der Waals surface area contributed by atoms with Crippen LogP contribution in [0.25, 0.3) is 0 Å². The van der Waals surface area contributed by atoms with Crippen LogP contribution in [0.3, 0.4) is 0 Å². The molecule has 0 unspecified atom stereocenters. The third-order valence-electron chi connectivity index (χ3n) is 3.88. The van der Waals surface area contributed by atoms with Crippen molar-refractivity contribution in [3.8, 4) is 0 Å². The molecule has 1 saturated carbocycles. The minimum absolute atomic E-state index is 0.0344. The lowest BCUT2D eigenvalue weighted by atomic mass is 9.69. The zero-order chi connectivity index (χ0) is 15.3. The Labute approximate surface area is 127 Å². The van der Waals surface area contributed by atoms with Gasteiger partial charge in [-0.2, -0.15) is 0 Å². The molecule has 0 bridgehead atoms. The van der Waals surface area contributed by atoms with Gasteiger partial charge in [0.05, 0.1) is 6.42 Å². The number of amides is 1. The second-order valence-corrected chi connectivity index (χ2v) is 5.98. The van der Waals surface area contributed by atoms with Gasteiger partial charge in [0.2, 0.25) is 5.91 Å². The van der Waals surface area contributed by atoms with Gasteiger partial charge in [0, 0.05) is 6.42 Å². The van der Waals surface area contributed by atoms with Gasteiger partial charge in [0.15, 0.2) is 11.0 Å². The molecule has 0 aliphatic heterocycles. The summed E-state index contributed by atoms with van der Waals surface area (Å²) >= 11 is 5.63. The number of carbonyl (C=O) groups is 2. The second kappa shape index (κ2) is 6.85. The summed E-state index contributed by atoms with van der Waals surface area (Å²) in [5.41, 5.74) is -0.436. The minimum Gasteiger partial charge on any atom is -0.481 e. The number of carboxylic acid groups (broad SMARTS) is 1. The van der Waals surface area contributed by atoms with E-state index in [-0.39, 0.29) is 23.9 Å². The number of hydrogen-bond donors (Lipinski definition) is 2. The predicted octanol–water partition coefficient (Wildman–Crippen LogP) is 2.88. The molecule has 0 spiro atoms. The number of rotatable bonds is 5. The zero-order valence-corrected chi connectivity index (χ0v) is 12.4. The number of carboxylic acids is 1. The summed E-state index contributed by atoms with van der Waals surface area (Å²) in [5, 5.41) is 19.4. The van der Waals surface area contributed by atoms with Gasteiger partial charge in [-0.1, -0.05) is 30.9 Å². The molecule has 1 aromatic rings. The summed E-state index contributed by atoms with van der Waals surface area (Å²) in [4.78, 5) is 23.2. The lowest BCUT2D eigenvalue weighted by Crippen LogP contribution is -2.32. The van der Waals surface area contributed by atoms with Crippen molar-refractivity contribution >= 4 is 29.3 Å². The van der Waals surface area contributed by atoms with Crippen LogP contribution in [-0.2, 0) is 9.59 Å². The fourth-order valence-corrected chi connectivity index (χ4v) is 3.05. The number of nitrogens with one attached hydrogen (secondary N) is 1. The van der Waals surface area contributed by atoms with Crippen molar-refractivity contribution in [1.29, 1.82) is 0 Å². The quantitative estimate of drug-likeness (QED) is 0.872. The third-order valence-corrected chi connectivity index (χ3v) is 4.08. The van der Waals surface area contributed by atoms with Gasteiger partial charge >= 0.3 is 5.97 Å². The van der Waals surface area contributed by atoms with Gasteiger partial charge in [-0.3, -0.25) is 9.59 Å².